The molecule has 0 aliphatic rings. The van der Waals surface area contributed by atoms with E-state index in [-0.39, 0.29) is 24.0 Å². The molecule has 0 aromatic heterocycles. The molecule has 0 aliphatic heterocycles. The second-order valence-electron chi connectivity index (χ2n) is 5.43. The van der Waals surface area contributed by atoms with Gasteiger partial charge in [-0.1, -0.05) is 51.0 Å². The first-order chi connectivity index (χ1) is 9.60. The second kappa shape index (κ2) is 11.9. The topological polar surface area (TPSA) is 40.5 Å². The summed E-state index contributed by atoms with van der Waals surface area (Å²) in [7, 11) is 0. The summed E-state index contributed by atoms with van der Waals surface area (Å²) in [5.74, 6) is 0.181. The molecule has 0 saturated heterocycles. The van der Waals surface area contributed by atoms with Crippen LogP contribution in [0.1, 0.15) is 52.4 Å². The highest BCUT2D eigenvalue weighted by Crippen LogP contribution is 2.18. The molecule has 0 heterocycles. The van der Waals surface area contributed by atoms with E-state index in [1.54, 1.807) is 6.08 Å². The summed E-state index contributed by atoms with van der Waals surface area (Å²) in [6, 6.07) is 0. The van der Waals surface area contributed by atoms with Gasteiger partial charge in [-0.05, 0) is 25.7 Å². The lowest BCUT2D eigenvalue weighted by atomic mass is 9.93. The first-order valence-electron chi connectivity index (χ1n) is 7.88. The van der Waals surface area contributed by atoms with Crippen molar-refractivity contribution in [3.63, 3.8) is 0 Å². The van der Waals surface area contributed by atoms with Gasteiger partial charge >= 0.3 is 0 Å². The normalized spacial score (nSPS) is 17.6. The van der Waals surface area contributed by atoms with Crippen LogP contribution < -0.4 is 0 Å². The van der Waals surface area contributed by atoms with Gasteiger partial charge in [0, 0.05) is 11.8 Å². The van der Waals surface area contributed by atoms with E-state index in [0.717, 1.165) is 38.5 Å². The Balaban J connectivity index is 4.20. The van der Waals surface area contributed by atoms with Crippen LogP contribution in [0.25, 0.3) is 0 Å². The highest BCUT2D eigenvalue weighted by molar-refractivity contribution is 5.01. The highest BCUT2D eigenvalue weighted by Gasteiger charge is 2.14. The van der Waals surface area contributed by atoms with Crippen LogP contribution in [0.2, 0.25) is 0 Å². The first-order valence-corrected chi connectivity index (χ1v) is 7.88. The molecule has 20 heavy (non-hydrogen) atoms. The fourth-order valence-electron chi connectivity index (χ4n) is 2.37. The smallest absolute Gasteiger partial charge is 0.0637 e. The van der Waals surface area contributed by atoms with Crippen molar-refractivity contribution in [2.45, 2.75) is 64.6 Å². The number of aliphatic hydroxyl groups excluding tert-OH is 2. The summed E-state index contributed by atoms with van der Waals surface area (Å²) in [6.45, 7) is 11.7. The predicted octanol–water partition coefficient (Wildman–Crippen LogP) is 4.25. The molecule has 0 saturated carbocycles. The molecule has 0 radical (unpaired) electrons. The van der Waals surface area contributed by atoms with Crippen LogP contribution in [-0.2, 0) is 0 Å². The van der Waals surface area contributed by atoms with Gasteiger partial charge in [0.05, 0.1) is 12.2 Å². The molecule has 2 nitrogen and oxygen atoms in total. The minimum Gasteiger partial charge on any atom is -0.393 e. The molecule has 4 atom stereocenters. The third kappa shape index (κ3) is 7.66. The van der Waals surface area contributed by atoms with Crippen molar-refractivity contribution in [1.82, 2.24) is 0 Å². The summed E-state index contributed by atoms with van der Waals surface area (Å²) in [4.78, 5) is 0. The zero-order chi connectivity index (χ0) is 15.4. The molecule has 0 amide bonds. The van der Waals surface area contributed by atoms with Gasteiger partial charge in [-0.25, -0.2) is 0 Å². The maximum absolute atomic E-state index is 9.97. The van der Waals surface area contributed by atoms with Crippen molar-refractivity contribution in [3.8, 4) is 0 Å². The summed E-state index contributed by atoms with van der Waals surface area (Å²) < 4.78 is 0. The Hall–Kier alpha value is -0.860. The molecule has 4 unspecified atom stereocenters. The third-order valence-electron chi connectivity index (χ3n) is 3.71. The SMILES string of the molecule is C=CC(/C=C/CCC(C=C)C(O)CCC)C(O)CCC. The molecule has 116 valence electrons. The Labute approximate surface area is 124 Å². The molecule has 0 fully saturated rings. The zero-order valence-electron chi connectivity index (χ0n) is 13.2. The van der Waals surface area contributed by atoms with Gasteiger partial charge in [0.2, 0.25) is 0 Å². The first kappa shape index (κ1) is 19.1. The van der Waals surface area contributed by atoms with Crippen molar-refractivity contribution in [1.29, 1.82) is 0 Å². The lowest BCUT2D eigenvalue weighted by Crippen LogP contribution is -2.18. The lowest BCUT2D eigenvalue weighted by Gasteiger charge is -2.18. The van der Waals surface area contributed by atoms with Gasteiger partial charge in [-0.15, -0.1) is 13.2 Å². The summed E-state index contributed by atoms with van der Waals surface area (Å²) in [5, 5.41) is 19.9. The van der Waals surface area contributed by atoms with E-state index < -0.39 is 0 Å². The molecule has 0 aromatic rings. The maximum atomic E-state index is 9.97. The van der Waals surface area contributed by atoms with Crippen LogP contribution in [0.5, 0.6) is 0 Å². The third-order valence-corrected chi connectivity index (χ3v) is 3.71. The molecule has 2 N–H and O–H groups in total. The second-order valence-corrected chi connectivity index (χ2v) is 5.43. The van der Waals surface area contributed by atoms with Crippen LogP contribution in [0.4, 0.5) is 0 Å². The van der Waals surface area contributed by atoms with E-state index >= 15 is 0 Å². The largest absolute Gasteiger partial charge is 0.393 e. The van der Waals surface area contributed by atoms with Crippen LogP contribution in [0, 0.1) is 11.8 Å². The van der Waals surface area contributed by atoms with Gasteiger partial charge in [-0.2, -0.15) is 0 Å². The summed E-state index contributed by atoms with van der Waals surface area (Å²) in [6.07, 6.45) is 12.5. The van der Waals surface area contributed by atoms with Crippen molar-refractivity contribution >= 4 is 0 Å². The summed E-state index contributed by atoms with van der Waals surface area (Å²) in [5.41, 5.74) is 0. The van der Waals surface area contributed by atoms with E-state index in [0.29, 0.717) is 0 Å². The fraction of sp³-hybridized carbons (Fsp3) is 0.667. The Morgan fingerprint density at radius 1 is 0.900 bits per heavy atom. The zero-order valence-corrected chi connectivity index (χ0v) is 13.2. The minimum atomic E-state index is -0.338. The van der Waals surface area contributed by atoms with E-state index in [9.17, 15) is 10.2 Å². The van der Waals surface area contributed by atoms with Gasteiger partial charge in [0.15, 0.2) is 0 Å². The monoisotopic (exact) mass is 280 g/mol. The van der Waals surface area contributed by atoms with Crippen LogP contribution in [-0.4, -0.2) is 22.4 Å². The van der Waals surface area contributed by atoms with Crippen LogP contribution in [0.3, 0.4) is 0 Å². The quantitative estimate of drug-likeness (QED) is 0.525. The van der Waals surface area contributed by atoms with E-state index in [4.69, 9.17) is 0 Å². The number of aliphatic hydroxyl groups is 2. The van der Waals surface area contributed by atoms with Crippen molar-refractivity contribution in [3.05, 3.63) is 37.5 Å². The molecule has 0 rings (SSSR count). The van der Waals surface area contributed by atoms with Crippen molar-refractivity contribution < 1.29 is 10.2 Å². The van der Waals surface area contributed by atoms with E-state index in [1.807, 2.05) is 12.2 Å². The molecule has 0 bridgehead atoms. The van der Waals surface area contributed by atoms with Gasteiger partial charge in [-0.3, -0.25) is 0 Å². The average Bonchev–Trinajstić information content (AvgIpc) is 2.43. The van der Waals surface area contributed by atoms with Crippen molar-refractivity contribution in [2.75, 3.05) is 0 Å². The van der Waals surface area contributed by atoms with Crippen LogP contribution in [0.15, 0.2) is 37.5 Å². The molecular weight excluding hydrogens is 248 g/mol. The number of hydrogen-bond acceptors (Lipinski definition) is 2. The standard InChI is InChI=1S/C18H32O2/c1-5-11-17(19)15(7-3)13-9-10-14-16(8-4)18(20)12-6-2/h7-9,13,15-20H,3-6,10-12,14H2,1-2H3/b13-9+. The number of hydrogen-bond donors (Lipinski definition) is 2. The molecule has 0 spiro atoms. The lowest BCUT2D eigenvalue weighted by molar-refractivity contribution is 0.116. The van der Waals surface area contributed by atoms with Gasteiger partial charge < -0.3 is 10.2 Å². The summed E-state index contributed by atoms with van der Waals surface area (Å²) >= 11 is 0. The van der Waals surface area contributed by atoms with Crippen molar-refractivity contribution in [2.24, 2.45) is 11.8 Å². The highest BCUT2D eigenvalue weighted by atomic mass is 16.3. The average molecular weight is 280 g/mol. The Morgan fingerprint density at radius 3 is 2.00 bits per heavy atom. The molecular formula is C18H32O2. The van der Waals surface area contributed by atoms with Crippen LogP contribution >= 0.6 is 0 Å². The maximum Gasteiger partial charge on any atom is 0.0637 e. The number of allylic oxidation sites excluding steroid dienone is 1. The van der Waals surface area contributed by atoms with E-state index in [1.165, 1.54) is 0 Å². The Morgan fingerprint density at radius 2 is 1.50 bits per heavy atom. The minimum absolute atomic E-state index is 0.0256. The molecule has 0 aliphatic carbocycles. The van der Waals surface area contributed by atoms with E-state index in [2.05, 4.69) is 33.1 Å². The fourth-order valence-corrected chi connectivity index (χ4v) is 2.37. The molecule has 0 aromatic carbocycles. The van der Waals surface area contributed by atoms with Gasteiger partial charge in [0.1, 0.15) is 0 Å². The number of rotatable bonds is 12. The molecule has 2 heteroatoms. The predicted molar refractivity (Wildman–Crippen MR) is 87.6 cm³/mol. The Kier molecular flexibility index (Phi) is 11.4. The van der Waals surface area contributed by atoms with Gasteiger partial charge in [0.25, 0.3) is 0 Å². The Bertz CT molecular complexity index is 283.